The molecule has 0 aromatic heterocycles. The molecule has 1 unspecified atom stereocenters. The lowest BCUT2D eigenvalue weighted by molar-refractivity contribution is -0.182. The topological polar surface area (TPSA) is 55.8 Å². The molecule has 17 heavy (non-hydrogen) atoms. The first kappa shape index (κ1) is 13.3. The second-order valence-electron chi connectivity index (χ2n) is 4.85. The van der Waals surface area contributed by atoms with Crippen LogP contribution in [0.15, 0.2) is 0 Å². The van der Waals surface area contributed by atoms with Gasteiger partial charge in [0.15, 0.2) is 16.1 Å². The highest BCUT2D eigenvalue weighted by Gasteiger charge is 2.30. The predicted molar refractivity (Wildman–Crippen MR) is 64.6 cm³/mol. The van der Waals surface area contributed by atoms with Gasteiger partial charge in [-0.15, -0.1) is 0 Å². The minimum Gasteiger partial charge on any atom is -0.353 e. The van der Waals surface area contributed by atoms with E-state index in [1.807, 2.05) is 7.05 Å². The molecule has 2 rings (SSSR count). The van der Waals surface area contributed by atoms with E-state index in [1.165, 1.54) is 0 Å². The Bertz CT molecular complexity index is 337. The van der Waals surface area contributed by atoms with E-state index >= 15 is 0 Å². The third-order valence-corrected chi connectivity index (χ3v) is 5.20. The molecule has 1 atom stereocenters. The third kappa shape index (κ3) is 3.91. The molecule has 0 saturated carbocycles. The molecular weight excluding hydrogens is 242 g/mol. The van der Waals surface area contributed by atoms with Crippen LogP contribution in [0.3, 0.4) is 0 Å². The maximum Gasteiger partial charge on any atom is 0.158 e. The summed E-state index contributed by atoms with van der Waals surface area (Å²) in [7, 11) is -0.807. The van der Waals surface area contributed by atoms with Gasteiger partial charge in [0.1, 0.15) is 0 Å². The summed E-state index contributed by atoms with van der Waals surface area (Å²) in [5, 5.41) is 0. The smallest absolute Gasteiger partial charge is 0.158 e. The molecule has 0 aliphatic carbocycles. The van der Waals surface area contributed by atoms with Crippen molar-refractivity contribution in [1.82, 2.24) is 4.90 Å². The monoisotopic (exact) mass is 263 g/mol. The highest BCUT2D eigenvalue weighted by molar-refractivity contribution is 7.91. The molecule has 0 amide bonds. The first-order valence-electron chi connectivity index (χ1n) is 6.21. The van der Waals surface area contributed by atoms with Crippen molar-refractivity contribution in [3.63, 3.8) is 0 Å². The first-order chi connectivity index (χ1) is 8.07. The normalized spacial score (nSPS) is 29.9. The maximum absolute atomic E-state index is 11.4. The number of hydrogen-bond acceptors (Lipinski definition) is 5. The van der Waals surface area contributed by atoms with Gasteiger partial charge in [-0.05, 0) is 19.9 Å². The quantitative estimate of drug-likeness (QED) is 0.728. The van der Waals surface area contributed by atoms with Crippen LogP contribution in [0.4, 0.5) is 0 Å². The lowest BCUT2D eigenvalue weighted by Gasteiger charge is -2.27. The molecule has 100 valence electrons. The second kappa shape index (κ2) is 5.65. The van der Waals surface area contributed by atoms with Gasteiger partial charge in [0.25, 0.3) is 0 Å². The number of sulfone groups is 1. The summed E-state index contributed by atoms with van der Waals surface area (Å²) in [6.45, 7) is 2.36. The van der Waals surface area contributed by atoms with Crippen molar-refractivity contribution in [2.75, 3.05) is 38.3 Å². The Morgan fingerprint density at radius 3 is 2.59 bits per heavy atom. The third-order valence-electron chi connectivity index (χ3n) is 3.45. The molecule has 0 N–H and O–H groups in total. The SMILES string of the molecule is CN(CCC1OCCCO1)C1CCS(=O)(=O)C1. The highest BCUT2D eigenvalue weighted by Crippen LogP contribution is 2.17. The van der Waals surface area contributed by atoms with Crippen molar-refractivity contribution in [2.45, 2.75) is 31.6 Å². The Morgan fingerprint density at radius 2 is 2.00 bits per heavy atom. The molecule has 2 saturated heterocycles. The predicted octanol–water partition coefficient (Wildman–Crippen LogP) is 0.258. The molecule has 0 bridgehead atoms. The number of ether oxygens (including phenoxy) is 2. The Kier molecular flexibility index (Phi) is 4.41. The van der Waals surface area contributed by atoms with Gasteiger partial charge in [-0.25, -0.2) is 8.42 Å². The molecule has 2 heterocycles. The van der Waals surface area contributed by atoms with Crippen LogP contribution in [-0.2, 0) is 19.3 Å². The zero-order chi connectivity index (χ0) is 12.3. The molecule has 0 aromatic carbocycles. The fourth-order valence-corrected chi connectivity index (χ4v) is 4.12. The summed E-state index contributed by atoms with van der Waals surface area (Å²) in [5.41, 5.74) is 0. The average Bonchev–Trinajstić information content (AvgIpc) is 2.68. The zero-order valence-electron chi connectivity index (χ0n) is 10.3. The van der Waals surface area contributed by atoms with Gasteiger partial charge < -0.3 is 14.4 Å². The van der Waals surface area contributed by atoms with E-state index in [0.717, 1.165) is 39.0 Å². The molecule has 0 spiro atoms. The van der Waals surface area contributed by atoms with Crippen molar-refractivity contribution in [1.29, 1.82) is 0 Å². The lowest BCUT2D eigenvalue weighted by atomic mass is 10.2. The van der Waals surface area contributed by atoms with Crippen molar-refractivity contribution in [2.24, 2.45) is 0 Å². The zero-order valence-corrected chi connectivity index (χ0v) is 11.1. The molecule has 0 aromatic rings. The number of hydrogen-bond donors (Lipinski definition) is 0. The van der Waals surface area contributed by atoms with Crippen molar-refractivity contribution in [3.05, 3.63) is 0 Å². The molecule has 2 aliphatic rings. The summed E-state index contributed by atoms with van der Waals surface area (Å²) in [5.74, 6) is 0.633. The Hall–Kier alpha value is -0.170. The van der Waals surface area contributed by atoms with E-state index in [-0.39, 0.29) is 12.3 Å². The molecule has 2 aliphatic heterocycles. The van der Waals surface area contributed by atoms with E-state index in [2.05, 4.69) is 4.90 Å². The van der Waals surface area contributed by atoms with Crippen LogP contribution in [0.25, 0.3) is 0 Å². The minimum atomic E-state index is -2.79. The lowest BCUT2D eigenvalue weighted by Crippen LogP contribution is -2.36. The van der Waals surface area contributed by atoms with Gasteiger partial charge in [0.2, 0.25) is 0 Å². The van der Waals surface area contributed by atoms with Crippen molar-refractivity contribution in [3.8, 4) is 0 Å². The maximum atomic E-state index is 11.4. The number of rotatable bonds is 4. The Morgan fingerprint density at radius 1 is 1.29 bits per heavy atom. The molecular formula is C11H21NO4S. The van der Waals surface area contributed by atoms with Crippen LogP contribution >= 0.6 is 0 Å². The van der Waals surface area contributed by atoms with E-state index in [1.54, 1.807) is 0 Å². The van der Waals surface area contributed by atoms with E-state index in [0.29, 0.717) is 11.5 Å². The van der Waals surface area contributed by atoms with Crippen LogP contribution < -0.4 is 0 Å². The molecule has 2 fully saturated rings. The fourth-order valence-electron chi connectivity index (χ4n) is 2.32. The summed E-state index contributed by atoms with van der Waals surface area (Å²) in [6.07, 6.45) is 2.43. The van der Waals surface area contributed by atoms with Gasteiger partial charge in [-0.1, -0.05) is 0 Å². The highest BCUT2D eigenvalue weighted by atomic mass is 32.2. The summed E-state index contributed by atoms with van der Waals surface area (Å²) >= 11 is 0. The minimum absolute atomic E-state index is 0.107. The van der Waals surface area contributed by atoms with Gasteiger partial charge in [0.05, 0.1) is 24.7 Å². The van der Waals surface area contributed by atoms with Crippen molar-refractivity contribution < 1.29 is 17.9 Å². The van der Waals surface area contributed by atoms with Gasteiger partial charge in [0, 0.05) is 19.0 Å². The summed E-state index contributed by atoms with van der Waals surface area (Å²) in [6, 6.07) is 0.170. The molecule has 0 radical (unpaired) electrons. The van der Waals surface area contributed by atoms with E-state index in [9.17, 15) is 8.42 Å². The standard InChI is InChI=1S/C11H21NO4S/c1-12(10-4-8-17(13,14)9-10)5-3-11-15-6-2-7-16-11/h10-11H,2-9H2,1H3. The van der Waals surface area contributed by atoms with Gasteiger partial charge >= 0.3 is 0 Å². The summed E-state index contributed by atoms with van der Waals surface area (Å²) < 4.78 is 33.7. The Balaban J connectivity index is 1.72. The second-order valence-corrected chi connectivity index (χ2v) is 7.08. The fraction of sp³-hybridized carbons (Fsp3) is 1.00. The van der Waals surface area contributed by atoms with E-state index < -0.39 is 9.84 Å². The van der Waals surface area contributed by atoms with Crippen molar-refractivity contribution >= 4 is 9.84 Å². The average molecular weight is 263 g/mol. The largest absolute Gasteiger partial charge is 0.353 e. The van der Waals surface area contributed by atoms with Gasteiger partial charge in [-0.3, -0.25) is 0 Å². The van der Waals surface area contributed by atoms with Crippen LogP contribution in [0.1, 0.15) is 19.3 Å². The molecule has 5 nitrogen and oxygen atoms in total. The van der Waals surface area contributed by atoms with Gasteiger partial charge in [-0.2, -0.15) is 0 Å². The van der Waals surface area contributed by atoms with Crippen LogP contribution in [-0.4, -0.2) is 64.0 Å². The number of nitrogens with zero attached hydrogens (tertiary/aromatic N) is 1. The van der Waals surface area contributed by atoms with E-state index in [4.69, 9.17) is 9.47 Å². The van der Waals surface area contributed by atoms with Crippen LogP contribution in [0.5, 0.6) is 0 Å². The van der Waals surface area contributed by atoms with Crippen LogP contribution in [0.2, 0.25) is 0 Å². The Labute approximate surface area is 103 Å². The van der Waals surface area contributed by atoms with Crippen LogP contribution in [0, 0.1) is 0 Å². The summed E-state index contributed by atoms with van der Waals surface area (Å²) in [4.78, 5) is 2.12. The molecule has 6 heteroatoms. The first-order valence-corrected chi connectivity index (χ1v) is 8.03.